The van der Waals surface area contributed by atoms with Crippen molar-refractivity contribution in [2.45, 2.75) is 24.4 Å². The minimum Gasteiger partial charge on any atom is -0.456 e. The molecule has 10 heteroatoms. The Morgan fingerprint density at radius 3 is 2.21 bits per heavy atom. The third-order valence-corrected chi connectivity index (χ3v) is 6.30. The molecule has 4 aromatic rings. The second kappa shape index (κ2) is 12.8. The Kier molecular flexibility index (Phi) is 9.31. The molecule has 0 spiro atoms. The van der Waals surface area contributed by atoms with E-state index in [4.69, 9.17) is 36.0 Å². The quantitative estimate of drug-likeness (QED) is 0.286. The Morgan fingerprint density at radius 1 is 0.895 bits per heavy atom. The Morgan fingerprint density at radius 2 is 1.53 bits per heavy atom. The molecule has 0 amide bonds. The number of aromatic nitrogens is 3. The van der Waals surface area contributed by atoms with Gasteiger partial charge in [0.05, 0.1) is 42.7 Å². The molecule has 9 nitrogen and oxygen atoms in total. The number of pyridine rings is 1. The first-order valence-corrected chi connectivity index (χ1v) is 12.3. The lowest BCUT2D eigenvalue weighted by Gasteiger charge is -2.15. The van der Waals surface area contributed by atoms with Crippen molar-refractivity contribution in [1.29, 1.82) is 0 Å². The molecule has 6 rings (SSSR count). The monoisotopic (exact) mass is 537 g/mol. The van der Waals surface area contributed by atoms with E-state index in [2.05, 4.69) is 52.1 Å². The molecular weight excluding hydrogens is 510 g/mol. The topological polar surface area (TPSA) is 130 Å². The van der Waals surface area contributed by atoms with Crippen molar-refractivity contribution >= 4 is 22.8 Å². The summed E-state index contributed by atoms with van der Waals surface area (Å²) in [6, 6.07) is 20.4. The van der Waals surface area contributed by atoms with Gasteiger partial charge in [-0.2, -0.15) is 4.98 Å². The predicted molar refractivity (Wildman–Crippen MR) is 144 cm³/mol. The zero-order valence-electron chi connectivity index (χ0n) is 20.4. The van der Waals surface area contributed by atoms with Gasteiger partial charge in [-0.1, -0.05) is 66.2 Å². The van der Waals surface area contributed by atoms with E-state index in [0.717, 1.165) is 16.7 Å². The van der Waals surface area contributed by atoms with Gasteiger partial charge in [-0.15, -0.1) is 12.8 Å². The molecule has 0 unspecified atom stereocenters. The summed E-state index contributed by atoms with van der Waals surface area (Å²) in [7, 11) is 0. The number of halogens is 1. The van der Waals surface area contributed by atoms with E-state index in [1.54, 1.807) is 6.07 Å². The first-order valence-electron chi connectivity index (χ1n) is 11.9. The molecule has 2 aliphatic heterocycles. The van der Waals surface area contributed by atoms with E-state index in [1.807, 2.05) is 30.3 Å². The minimum atomic E-state index is -0.624. The van der Waals surface area contributed by atoms with E-state index >= 15 is 0 Å². The number of hydrogen-bond acceptors (Lipinski definition) is 8. The summed E-state index contributed by atoms with van der Waals surface area (Å²) in [6.45, 7) is 0.329. The van der Waals surface area contributed by atoms with Crippen molar-refractivity contribution in [2.75, 3.05) is 26.4 Å². The Labute approximate surface area is 225 Å². The molecule has 4 atom stereocenters. The number of rotatable bonds is 5. The fourth-order valence-corrected chi connectivity index (χ4v) is 4.55. The van der Waals surface area contributed by atoms with Crippen LogP contribution in [0.1, 0.15) is 0 Å². The van der Waals surface area contributed by atoms with Crippen LogP contribution in [0.3, 0.4) is 0 Å². The Balaban J connectivity index is 0.000000515. The number of terminal acetylenes is 1. The summed E-state index contributed by atoms with van der Waals surface area (Å²) in [6.07, 6.45) is 6.36. The van der Waals surface area contributed by atoms with Crippen LogP contribution in [0, 0.1) is 12.8 Å². The highest BCUT2D eigenvalue weighted by molar-refractivity contribution is 6.33. The molecule has 38 heavy (non-hydrogen) atoms. The molecule has 2 saturated heterocycles. The number of nitrogens with one attached hydrogen (secondary N) is 1. The SMILES string of the molecule is C#C.OCCO.O[C@@H]1CO[C@H]2[C@@H]1OC[C@H]2Oc1nc2nc(-c3ccc(-c4ccccc4)cc3)c(Cl)cc2[nH]1. The summed E-state index contributed by atoms with van der Waals surface area (Å²) in [5.41, 5.74) is 5.02. The number of aromatic amines is 1. The lowest BCUT2D eigenvalue weighted by molar-refractivity contribution is 0.00706. The van der Waals surface area contributed by atoms with Crippen LogP contribution in [-0.4, -0.2) is 81.1 Å². The largest absolute Gasteiger partial charge is 0.456 e. The first kappa shape index (κ1) is 27.5. The number of aliphatic hydroxyl groups excluding tert-OH is 3. The zero-order chi connectivity index (χ0) is 27.1. The molecular formula is C28H28ClN3O6. The summed E-state index contributed by atoms with van der Waals surface area (Å²) in [5.74, 6) is 0. The molecule has 2 aromatic heterocycles. The van der Waals surface area contributed by atoms with Gasteiger partial charge in [-0.05, 0) is 17.2 Å². The number of benzene rings is 2. The lowest BCUT2D eigenvalue weighted by atomic mass is 10.0. The number of imidazole rings is 1. The summed E-state index contributed by atoms with van der Waals surface area (Å²) >= 11 is 6.54. The van der Waals surface area contributed by atoms with Crippen LogP contribution >= 0.6 is 11.6 Å². The maximum Gasteiger partial charge on any atom is 0.296 e. The molecule has 2 aromatic carbocycles. The number of hydrogen-bond donors (Lipinski definition) is 4. The van der Waals surface area contributed by atoms with Crippen molar-refractivity contribution < 1.29 is 29.5 Å². The van der Waals surface area contributed by atoms with Crippen molar-refractivity contribution in [3.05, 3.63) is 65.7 Å². The van der Waals surface area contributed by atoms with Gasteiger partial charge < -0.3 is 34.5 Å². The third kappa shape index (κ3) is 5.97. The first-order chi connectivity index (χ1) is 18.6. The van der Waals surface area contributed by atoms with Gasteiger partial charge in [0.15, 0.2) is 11.8 Å². The molecule has 0 radical (unpaired) electrons. The number of fused-ring (bicyclic) bond motifs is 2. The average Bonchev–Trinajstić information content (AvgIpc) is 3.66. The summed E-state index contributed by atoms with van der Waals surface area (Å²) < 4.78 is 17.2. The Hall–Kier alpha value is -3.49. The molecule has 198 valence electrons. The highest BCUT2D eigenvalue weighted by Crippen LogP contribution is 2.33. The van der Waals surface area contributed by atoms with Crippen molar-refractivity contribution in [3.63, 3.8) is 0 Å². The maximum absolute atomic E-state index is 9.90. The van der Waals surface area contributed by atoms with Crippen LogP contribution in [0.2, 0.25) is 5.02 Å². The van der Waals surface area contributed by atoms with Gasteiger partial charge in [-0.25, -0.2) is 4.98 Å². The van der Waals surface area contributed by atoms with Gasteiger partial charge in [-0.3, -0.25) is 0 Å². The minimum absolute atomic E-state index is 0.125. The molecule has 2 aliphatic rings. The number of ether oxygens (including phenoxy) is 3. The summed E-state index contributed by atoms with van der Waals surface area (Å²) in [4.78, 5) is 12.3. The van der Waals surface area contributed by atoms with E-state index in [-0.39, 0.29) is 38.1 Å². The average molecular weight is 538 g/mol. The van der Waals surface area contributed by atoms with Gasteiger partial charge in [0.2, 0.25) is 0 Å². The van der Waals surface area contributed by atoms with E-state index in [0.29, 0.717) is 34.5 Å². The van der Waals surface area contributed by atoms with Crippen LogP contribution in [0.5, 0.6) is 6.01 Å². The van der Waals surface area contributed by atoms with Crippen LogP contribution < -0.4 is 4.74 Å². The second-order valence-electron chi connectivity index (χ2n) is 8.44. The molecule has 0 aliphatic carbocycles. The summed E-state index contributed by atoms with van der Waals surface area (Å²) in [5, 5.41) is 25.7. The van der Waals surface area contributed by atoms with E-state index < -0.39 is 6.10 Å². The van der Waals surface area contributed by atoms with Crippen molar-refractivity contribution in [1.82, 2.24) is 15.0 Å². The lowest BCUT2D eigenvalue weighted by Crippen LogP contribution is -2.34. The van der Waals surface area contributed by atoms with Crippen LogP contribution in [0.25, 0.3) is 33.5 Å². The molecule has 0 saturated carbocycles. The second-order valence-corrected chi connectivity index (χ2v) is 8.85. The number of nitrogens with zero attached hydrogens (tertiary/aromatic N) is 2. The highest BCUT2D eigenvalue weighted by atomic mass is 35.5. The van der Waals surface area contributed by atoms with Crippen LogP contribution in [-0.2, 0) is 9.47 Å². The van der Waals surface area contributed by atoms with E-state index in [9.17, 15) is 5.11 Å². The van der Waals surface area contributed by atoms with E-state index in [1.165, 1.54) is 0 Å². The van der Waals surface area contributed by atoms with Gasteiger partial charge >= 0.3 is 0 Å². The van der Waals surface area contributed by atoms with Crippen molar-refractivity contribution in [3.8, 4) is 41.2 Å². The van der Waals surface area contributed by atoms with Crippen molar-refractivity contribution in [2.24, 2.45) is 0 Å². The van der Waals surface area contributed by atoms with Gasteiger partial charge in [0, 0.05) is 5.56 Å². The molecule has 2 fully saturated rings. The standard InChI is InChI=1S/C24H20ClN3O4.C2H6O2.C2H2/c25-16-10-17-23(28-24(26-17)32-19-12-31-21-18(29)11-30-22(19)21)27-20(16)15-8-6-14(7-9-15)13-4-2-1-3-5-13;3-1-2-4;1-2/h1-10,18-19,21-22,29H,11-12H2,(H,26,27,28);3-4H,1-2H2;1-2H/t18-,19-,21-,22-;;/m1../s1. The third-order valence-electron chi connectivity index (χ3n) is 6.02. The molecule has 4 heterocycles. The smallest absolute Gasteiger partial charge is 0.296 e. The number of H-pyrrole nitrogens is 1. The van der Waals surface area contributed by atoms with Gasteiger partial charge in [0.25, 0.3) is 6.01 Å². The molecule has 0 bridgehead atoms. The normalized spacial score (nSPS) is 21.6. The zero-order valence-corrected chi connectivity index (χ0v) is 21.2. The fourth-order valence-electron chi connectivity index (χ4n) is 4.29. The highest BCUT2D eigenvalue weighted by Gasteiger charge is 2.48. The predicted octanol–water partition coefficient (Wildman–Crippen LogP) is 3.07. The number of aliphatic hydroxyl groups is 3. The van der Waals surface area contributed by atoms with Gasteiger partial charge in [0.1, 0.15) is 18.3 Å². The molecule has 4 N–H and O–H groups in total. The Bertz CT molecular complexity index is 1340. The van der Waals surface area contributed by atoms with Crippen LogP contribution in [0.15, 0.2) is 60.7 Å². The van der Waals surface area contributed by atoms with Crippen LogP contribution in [0.4, 0.5) is 0 Å². The fraction of sp³-hybridized carbons (Fsp3) is 0.286. The maximum atomic E-state index is 9.90.